The van der Waals surface area contributed by atoms with E-state index in [-0.39, 0.29) is 5.82 Å². The summed E-state index contributed by atoms with van der Waals surface area (Å²) in [4.78, 5) is 0. The zero-order chi connectivity index (χ0) is 10.8. The standard InChI is InChI=1S/C13H13FS/c1-9(2)10-3-4-12(13(14)7-10)11-5-6-15-8-11/h3-9H,1-2H3. The molecular weight excluding hydrogens is 207 g/mol. The van der Waals surface area contributed by atoms with Crippen LogP contribution in [0.25, 0.3) is 11.1 Å². The minimum Gasteiger partial charge on any atom is -0.206 e. The van der Waals surface area contributed by atoms with Crippen molar-refractivity contribution in [2.24, 2.45) is 0 Å². The number of halogens is 1. The molecule has 15 heavy (non-hydrogen) atoms. The van der Waals surface area contributed by atoms with E-state index in [1.165, 1.54) is 0 Å². The van der Waals surface area contributed by atoms with Gasteiger partial charge in [-0.25, -0.2) is 4.39 Å². The Morgan fingerprint density at radius 1 is 1.20 bits per heavy atom. The van der Waals surface area contributed by atoms with E-state index in [1.807, 2.05) is 29.0 Å². The summed E-state index contributed by atoms with van der Waals surface area (Å²) >= 11 is 1.59. The molecule has 78 valence electrons. The smallest absolute Gasteiger partial charge is 0.131 e. The number of hydrogen-bond acceptors (Lipinski definition) is 1. The van der Waals surface area contributed by atoms with Crippen molar-refractivity contribution in [3.8, 4) is 11.1 Å². The topological polar surface area (TPSA) is 0 Å². The van der Waals surface area contributed by atoms with Crippen molar-refractivity contribution < 1.29 is 4.39 Å². The van der Waals surface area contributed by atoms with Crippen LogP contribution in [-0.2, 0) is 0 Å². The van der Waals surface area contributed by atoms with Crippen LogP contribution in [0.15, 0.2) is 35.0 Å². The van der Waals surface area contributed by atoms with Gasteiger partial charge < -0.3 is 0 Å². The van der Waals surface area contributed by atoms with Crippen LogP contribution in [0.2, 0.25) is 0 Å². The molecule has 0 nitrogen and oxygen atoms in total. The first-order valence-corrected chi connectivity index (χ1v) is 5.95. The van der Waals surface area contributed by atoms with Gasteiger partial charge in [-0.1, -0.05) is 26.0 Å². The first kappa shape index (κ1) is 10.4. The quantitative estimate of drug-likeness (QED) is 0.689. The molecule has 2 heteroatoms. The molecule has 0 radical (unpaired) electrons. The van der Waals surface area contributed by atoms with Crippen molar-refractivity contribution in [2.45, 2.75) is 19.8 Å². The van der Waals surface area contributed by atoms with E-state index < -0.39 is 0 Å². The zero-order valence-electron chi connectivity index (χ0n) is 8.83. The molecule has 1 heterocycles. The lowest BCUT2D eigenvalue weighted by Gasteiger charge is -2.07. The van der Waals surface area contributed by atoms with Crippen molar-refractivity contribution in [1.82, 2.24) is 0 Å². The van der Waals surface area contributed by atoms with Gasteiger partial charge in [-0.3, -0.25) is 0 Å². The molecule has 0 unspecified atom stereocenters. The fourth-order valence-electron chi connectivity index (χ4n) is 1.54. The molecule has 1 aromatic heterocycles. The lowest BCUT2D eigenvalue weighted by atomic mass is 9.99. The Balaban J connectivity index is 2.44. The fourth-order valence-corrected chi connectivity index (χ4v) is 2.20. The highest BCUT2D eigenvalue weighted by Gasteiger charge is 2.07. The van der Waals surface area contributed by atoms with Gasteiger partial charge in [-0.2, -0.15) is 11.3 Å². The molecule has 0 amide bonds. The molecule has 0 saturated heterocycles. The molecule has 0 saturated carbocycles. The minimum atomic E-state index is -0.125. The predicted octanol–water partition coefficient (Wildman–Crippen LogP) is 4.68. The van der Waals surface area contributed by atoms with E-state index in [1.54, 1.807) is 17.4 Å². The van der Waals surface area contributed by atoms with Crippen LogP contribution in [-0.4, -0.2) is 0 Å². The van der Waals surface area contributed by atoms with Crippen LogP contribution in [0.5, 0.6) is 0 Å². The highest BCUT2D eigenvalue weighted by atomic mass is 32.1. The molecule has 0 aliphatic rings. The SMILES string of the molecule is CC(C)c1ccc(-c2ccsc2)c(F)c1. The lowest BCUT2D eigenvalue weighted by Crippen LogP contribution is -1.90. The summed E-state index contributed by atoms with van der Waals surface area (Å²) in [6.07, 6.45) is 0. The number of hydrogen-bond donors (Lipinski definition) is 0. The monoisotopic (exact) mass is 220 g/mol. The average Bonchev–Trinajstić information content (AvgIpc) is 2.70. The molecule has 1 aromatic carbocycles. The first-order chi connectivity index (χ1) is 7.18. The van der Waals surface area contributed by atoms with E-state index in [0.717, 1.165) is 11.1 Å². The Labute approximate surface area is 93.4 Å². The van der Waals surface area contributed by atoms with Crippen molar-refractivity contribution in [3.05, 3.63) is 46.4 Å². The second-order valence-corrected chi connectivity index (χ2v) is 4.69. The molecule has 2 aromatic rings. The van der Waals surface area contributed by atoms with Gasteiger partial charge in [0.15, 0.2) is 0 Å². The van der Waals surface area contributed by atoms with Crippen LogP contribution in [0.3, 0.4) is 0 Å². The normalized spacial score (nSPS) is 10.9. The van der Waals surface area contributed by atoms with E-state index in [2.05, 4.69) is 13.8 Å². The minimum absolute atomic E-state index is 0.125. The van der Waals surface area contributed by atoms with E-state index >= 15 is 0 Å². The highest BCUT2D eigenvalue weighted by Crippen LogP contribution is 2.27. The maximum atomic E-state index is 13.8. The van der Waals surface area contributed by atoms with Gasteiger partial charge in [0, 0.05) is 5.56 Å². The Kier molecular flexibility index (Phi) is 2.87. The van der Waals surface area contributed by atoms with Crippen molar-refractivity contribution in [1.29, 1.82) is 0 Å². The molecule has 0 spiro atoms. The third-order valence-electron chi connectivity index (χ3n) is 2.49. The predicted molar refractivity (Wildman–Crippen MR) is 63.8 cm³/mol. The summed E-state index contributed by atoms with van der Waals surface area (Å²) in [5, 5.41) is 3.93. The molecule has 0 bridgehead atoms. The van der Waals surface area contributed by atoms with E-state index in [9.17, 15) is 4.39 Å². The largest absolute Gasteiger partial charge is 0.206 e. The third kappa shape index (κ3) is 2.10. The molecule has 0 atom stereocenters. The van der Waals surface area contributed by atoms with Crippen LogP contribution in [0.4, 0.5) is 4.39 Å². The summed E-state index contributed by atoms with van der Waals surface area (Å²) in [6, 6.07) is 7.45. The van der Waals surface area contributed by atoms with Crippen LogP contribution in [0, 0.1) is 5.82 Å². The fraction of sp³-hybridized carbons (Fsp3) is 0.231. The van der Waals surface area contributed by atoms with Crippen LogP contribution < -0.4 is 0 Å². The van der Waals surface area contributed by atoms with Crippen molar-refractivity contribution in [3.63, 3.8) is 0 Å². The van der Waals surface area contributed by atoms with Gasteiger partial charge in [0.25, 0.3) is 0 Å². The highest BCUT2D eigenvalue weighted by molar-refractivity contribution is 7.08. The second-order valence-electron chi connectivity index (χ2n) is 3.91. The Morgan fingerprint density at radius 3 is 2.53 bits per heavy atom. The van der Waals surface area contributed by atoms with Gasteiger partial charge >= 0.3 is 0 Å². The maximum Gasteiger partial charge on any atom is 0.131 e. The van der Waals surface area contributed by atoms with E-state index in [4.69, 9.17) is 0 Å². The van der Waals surface area contributed by atoms with Crippen molar-refractivity contribution >= 4 is 11.3 Å². The molecule has 2 rings (SSSR count). The molecule has 0 aliphatic heterocycles. The summed E-state index contributed by atoms with van der Waals surface area (Å²) in [5.41, 5.74) is 2.71. The summed E-state index contributed by atoms with van der Waals surface area (Å²) < 4.78 is 13.8. The number of rotatable bonds is 2. The number of benzene rings is 1. The molecular formula is C13H13FS. The maximum absolute atomic E-state index is 13.8. The van der Waals surface area contributed by atoms with Gasteiger partial charge in [-0.15, -0.1) is 0 Å². The number of thiophene rings is 1. The summed E-state index contributed by atoms with van der Waals surface area (Å²) in [6.45, 7) is 4.14. The van der Waals surface area contributed by atoms with Gasteiger partial charge in [-0.05, 0) is 39.9 Å². The average molecular weight is 220 g/mol. The van der Waals surface area contributed by atoms with Crippen molar-refractivity contribution in [2.75, 3.05) is 0 Å². The Hall–Kier alpha value is -1.15. The van der Waals surface area contributed by atoms with E-state index in [0.29, 0.717) is 11.5 Å². The lowest BCUT2D eigenvalue weighted by molar-refractivity contribution is 0.627. The summed E-state index contributed by atoms with van der Waals surface area (Å²) in [7, 11) is 0. The summed E-state index contributed by atoms with van der Waals surface area (Å²) in [5.74, 6) is 0.246. The third-order valence-corrected chi connectivity index (χ3v) is 3.18. The molecule has 0 fully saturated rings. The van der Waals surface area contributed by atoms with Gasteiger partial charge in [0.1, 0.15) is 5.82 Å². The first-order valence-electron chi connectivity index (χ1n) is 5.00. The Bertz CT molecular complexity index is 444. The zero-order valence-corrected chi connectivity index (χ0v) is 9.64. The molecule has 0 N–H and O–H groups in total. The van der Waals surface area contributed by atoms with Crippen LogP contribution in [0.1, 0.15) is 25.3 Å². The molecule has 0 aliphatic carbocycles. The Morgan fingerprint density at radius 2 is 2.00 bits per heavy atom. The van der Waals surface area contributed by atoms with Gasteiger partial charge in [0.2, 0.25) is 0 Å². The second kappa shape index (κ2) is 4.15. The van der Waals surface area contributed by atoms with Gasteiger partial charge in [0.05, 0.1) is 0 Å². The van der Waals surface area contributed by atoms with Crippen LogP contribution >= 0.6 is 11.3 Å².